The molecule has 4 heteroatoms. The van der Waals surface area contributed by atoms with Gasteiger partial charge in [0.25, 0.3) is 0 Å². The lowest BCUT2D eigenvalue weighted by molar-refractivity contribution is 0.716. The van der Waals surface area contributed by atoms with Crippen molar-refractivity contribution >= 4 is 22.7 Å². The summed E-state index contributed by atoms with van der Waals surface area (Å²) in [5, 5.41) is 2.19. The smallest absolute Gasteiger partial charge is 0.192 e. The highest BCUT2D eigenvalue weighted by Crippen LogP contribution is 2.32. The molecule has 27 heavy (non-hydrogen) atoms. The van der Waals surface area contributed by atoms with E-state index >= 15 is 0 Å². The number of pyridine rings is 2. The van der Waals surface area contributed by atoms with Crippen molar-refractivity contribution in [2.45, 2.75) is 64.2 Å². The van der Waals surface area contributed by atoms with E-state index < -0.39 is 0 Å². The molecule has 0 radical (unpaired) electrons. The fourth-order valence-electron chi connectivity index (χ4n) is 3.06. The number of aromatic nitrogens is 2. The van der Waals surface area contributed by atoms with Gasteiger partial charge < -0.3 is 4.57 Å². The lowest BCUT2D eigenvalue weighted by atomic mass is 10.2. The van der Waals surface area contributed by atoms with Crippen molar-refractivity contribution in [1.82, 2.24) is 9.55 Å². The maximum Gasteiger partial charge on any atom is 0.192 e. The zero-order chi connectivity index (χ0) is 19.8. The Kier molecular flexibility index (Phi) is 8.11. The van der Waals surface area contributed by atoms with Crippen LogP contribution in [0.3, 0.4) is 0 Å². The number of nitrogens with zero attached hydrogens (tertiary/aromatic N) is 2. The van der Waals surface area contributed by atoms with Gasteiger partial charge in [0.1, 0.15) is 0 Å². The molecule has 2 aromatic heterocycles. The predicted molar refractivity (Wildman–Crippen MR) is 118 cm³/mol. The van der Waals surface area contributed by atoms with E-state index in [4.69, 9.17) is 0 Å². The summed E-state index contributed by atoms with van der Waals surface area (Å²) in [5.41, 5.74) is 2.97. The van der Waals surface area contributed by atoms with E-state index in [1.807, 2.05) is 56.8 Å². The molecule has 0 aliphatic rings. The second-order valence-electron chi connectivity index (χ2n) is 6.30. The number of para-hydroxylation sites is 1. The van der Waals surface area contributed by atoms with Crippen LogP contribution in [0.1, 0.15) is 52.7 Å². The van der Waals surface area contributed by atoms with Crippen molar-refractivity contribution < 1.29 is 0 Å². The molecule has 0 fully saturated rings. The van der Waals surface area contributed by atoms with Gasteiger partial charge in [-0.05, 0) is 38.0 Å². The summed E-state index contributed by atoms with van der Waals surface area (Å²) in [4.78, 5) is 17.0. The molecule has 0 saturated heterocycles. The second kappa shape index (κ2) is 10.3. The van der Waals surface area contributed by atoms with Gasteiger partial charge in [0.15, 0.2) is 5.43 Å². The fraction of sp³-hybridized carbons (Fsp3) is 0.391. The summed E-state index contributed by atoms with van der Waals surface area (Å²) < 4.78 is 2.20. The van der Waals surface area contributed by atoms with Gasteiger partial charge in [0, 0.05) is 28.9 Å². The van der Waals surface area contributed by atoms with Crippen molar-refractivity contribution in [3.05, 3.63) is 64.6 Å². The first kappa shape index (κ1) is 21.2. The van der Waals surface area contributed by atoms with Crippen molar-refractivity contribution in [3.63, 3.8) is 0 Å². The Labute approximate surface area is 166 Å². The second-order valence-corrected chi connectivity index (χ2v) is 7.62. The van der Waals surface area contributed by atoms with Crippen molar-refractivity contribution in [2.24, 2.45) is 0 Å². The van der Waals surface area contributed by atoms with E-state index in [0.29, 0.717) is 10.6 Å². The minimum absolute atomic E-state index is 0.0449. The molecule has 2 heterocycles. The summed E-state index contributed by atoms with van der Waals surface area (Å²) in [7, 11) is 0. The third-order valence-electron chi connectivity index (χ3n) is 4.37. The Morgan fingerprint density at radius 3 is 2.44 bits per heavy atom. The van der Waals surface area contributed by atoms with Crippen LogP contribution in [0.15, 0.2) is 58.5 Å². The van der Waals surface area contributed by atoms with E-state index in [-0.39, 0.29) is 5.43 Å². The Balaban J connectivity index is 0.00000126. The van der Waals surface area contributed by atoms with Gasteiger partial charge in [-0.2, -0.15) is 0 Å². The maximum absolute atomic E-state index is 12.7. The zero-order valence-corrected chi connectivity index (χ0v) is 17.8. The van der Waals surface area contributed by atoms with Gasteiger partial charge in [-0.1, -0.05) is 52.3 Å². The number of aryl methyl sites for hydroxylation is 1. The first-order valence-electron chi connectivity index (χ1n) is 9.88. The van der Waals surface area contributed by atoms with E-state index in [9.17, 15) is 4.79 Å². The lowest BCUT2D eigenvalue weighted by Crippen LogP contribution is -2.13. The van der Waals surface area contributed by atoms with Crippen LogP contribution in [-0.2, 0) is 0 Å². The van der Waals surface area contributed by atoms with Crippen LogP contribution in [0.25, 0.3) is 16.6 Å². The molecule has 1 aromatic carbocycles. The van der Waals surface area contributed by atoms with Crippen LogP contribution in [0, 0.1) is 6.92 Å². The molecule has 0 saturated carbocycles. The Bertz CT molecular complexity index is 919. The topological polar surface area (TPSA) is 34.9 Å². The molecule has 0 aliphatic carbocycles. The third kappa shape index (κ3) is 5.01. The van der Waals surface area contributed by atoms with Crippen LogP contribution in [0.5, 0.6) is 0 Å². The van der Waals surface area contributed by atoms with Crippen LogP contribution >= 0.6 is 11.8 Å². The molecule has 3 nitrogen and oxygen atoms in total. The monoisotopic (exact) mass is 382 g/mol. The average molecular weight is 383 g/mol. The molecule has 0 amide bonds. The SMILES string of the molecule is CC.CCCC(CC)Sc1cc(=O)c2cnc(C)cc2n1-c1ccccc1. The largest absolute Gasteiger partial charge is 0.304 e. The lowest BCUT2D eigenvalue weighted by Gasteiger charge is -2.20. The summed E-state index contributed by atoms with van der Waals surface area (Å²) in [6.45, 7) is 10.4. The maximum atomic E-state index is 12.7. The van der Waals surface area contributed by atoms with Crippen molar-refractivity contribution in [1.29, 1.82) is 0 Å². The fourth-order valence-corrected chi connectivity index (χ4v) is 4.41. The quantitative estimate of drug-likeness (QED) is 0.463. The van der Waals surface area contributed by atoms with Crippen molar-refractivity contribution in [2.75, 3.05) is 0 Å². The van der Waals surface area contributed by atoms with Crippen LogP contribution in [0.2, 0.25) is 0 Å². The van der Waals surface area contributed by atoms with Gasteiger partial charge in [-0.3, -0.25) is 9.78 Å². The number of thioether (sulfide) groups is 1. The van der Waals surface area contributed by atoms with Crippen molar-refractivity contribution in [3.8, 4) is 5.69 Å². The van der Waals surface area contributed by atoms with E-state index in [2.05, 4.69) is 35.5 Å². The first-order valence-corrected chi connectivity index (χ1v) is 10.8. The van der Waals surface area contributed by atoms with Crippen LogP contribution in [-0.4, -0.2) is 14.8 Å². The highest BCUT2D eigenvalue weighted by atomic mass is 32.2. The molecule has 0 bridgehead atoms. The Hall–Kier alpha value is -2.07. The number of rotatable bonds is 6. The molecule has 0 N–H and O–H groups in total. The van der Waals surface area contributed by atoms with Crippen LogP contribution < -0.4 is 5.43 Å². The van der Waals surface area contributed by atoms with E-state index in [1.54, 1.807) is 12.3 Å². The number of benzene rings is 1. The molecule has 3 rings (SSSR count). The molecule has 3 aromatic rings. The van der Waals surface area contributed by atoms with Gasteiger partial charge in [-0.15, -0.1) is 11.8 Å². The third-order valence-corrected chi connectivity index (χ3v) is 5.81. The highest BCUT2D eigenvalue weighted by Gasteiger charge is 2.15. The number of hydrogen-bond donors (Lipinski definition) is 0. The normalized spacial score (nSPS) is 11.7. The van der Waals surface area contributed by atoms with Gasteiger partial charge in [0.05, 0.1) is 15.9 Å². The van der Waals surface area contributed by atoms with E-state index in [1.165, 1.54) is 0 Å². The standard InChI is InChI=1S/C21H24N2OS.C2H6/c1-4-9-17(5-2)25-21-13-20(24)18-14-22-15(3)12-19(18)23(21)16-10-7-6-8-11-16;1-2/h6-8,10-14,17H,4-5,9H2,1-3H3;1-2H3. The highest BCUT2D eigenvalue weighted by molar-refractivity contribution is 7.99. The van der Waals surface area contributed by atoms with E-state index in [0.717, 1.165) is 41.2 Å². The molecule has 0 spiro atoms. The Morgan fingerprint density at radius 2 is 1.81 bits per heavy atom. The molecule has 1 atom stereocenters. The number of fused-ring (bicyclic) bond motifs is 1. The minimum atomic E-state index is 0.0449. The van der Waals surface area contributed by atoms with Crippen LogP contribution in [0.4, 0.5) is 0 Å². The minimum Gasteiger partial charge on any atom is -0.304 e. The Morgan fingerprint density at radius 1 is 1.11 bits per heavy atom. The number of hydrogen-bond acceptors (Lipinski definition) is 3. The van der Waals surface area contributed by atoms with Gasteiger partial charge in [0.2, 0.25) is 0 Å². The summed E-state index contributed by atoms with van der Waals surface area (Å²) in [6, 6.07) is 14.0. The molecular weight excluding hydrogens is 352 g/mol. The predicted octanol–water partition coefficient (Wildman–Crippen LogP) is 6.39. The molecule has 1 unspecified atom stereocenters. The summed E-state index contributed by atoms with van der Waals surface area (Å²) in [5.74, 6) is 0. The first-order chi connectivity index (χ1) is 13.1. The van der Waals surface area contributed by atoms with Gasteiger partial charge in [-0.25, -0.2) is 0 Å². The molecule has 0 aliphatic heterocycles. The summed E-state index contributed by atoms with van der Waals surface area (Å²) >= 11 is 1.81. The molecular formula is C23H30N2OS. The van der Waals surface area contributed by atoms with Gasteiger partial charge >= 0.3 is 0 Å². The average Bonchev–Trinajstić information content (AvgIpc) is 2.69. The summed E-state index contributed by atoms with van der Waals surface area (Å²) in [6.07, 6.45) is 5.09. The zero-order valence-electron chi connectivity index (χ0n) is 17.0. The molecule has 144 valence electrons.